The molecule has 3 rings (SSSR count). The minimum absolute atomic E-state index is 0.0313. The largest absolute Gasteiger partial charge is 0.468 e. The molecule has 0 amide bonds. The summed E-state index contributed by atoms with van der Waals surface area (Å²) in [6.45, 7) is 6.07. The van der Waals surface area contributed by atoms with E-state index >= 15 is 0 Å². The average Bonchev–Trinajstić information content (AvgIpc) is 2.62. The van der Waals surface area contributed by atoms with Gasteiger partial charge in [0, 0.05) is 30.1 Å². The van der Waals surface area contributed by atoms with Gasteiger partial charge in [0.2, 0.25) is 5.88 Å². The number of nitro groups is 1. The van der Waals surface area contributed by atoms with E-state index in [4.69, 9.17) is 4.74 Å². The van der Waals surface area contributed by atoms with Crippen LogP contribution in [-0.4, -0.2) is 14.9 Å². The molecule has 0 unspecified atom stereocenters. The molecule has 0 radical (unpaired) electrons. The molecule has 0 bridgehead atoms. The normalized spacial score (nSPS) is 11.8. The van der Waals surface area contributed by atoms with Crippen molar-refractivity contribution in [3.05, 3.63) is 81.7 Å². The standard InChI is InChI=1S/C20H19N3O3/c1-13-4-9-18(14(2)12-13)15(3)26-20-19(21-10-11-22-20)16-5-7-17(8-6-16)23(24)25/h4-12,15H,1-3H3/t15-/m1/s1. The molecule has 2 aromatic carbocycles. The van der Waals surface area contributed by atoms with Gasteiger partial charge in [-0.3, -0.25) is 10.1 Å². The molecule has 6 heteroatoms. The third-order valence-corrected chi connectivity index (χ3v) is 4.17. The molecule has 0 aliphatic rings. The summed E-state index contributed by atoms with van der Waals surface area (Å²) in [6.07, 6.45) is 2.94. The Kier molecular flexibility index (Phi) is 4.93. The zero-order valence-corrected chi connectivity index (χ0v) is 14.8. The number of ether oxygens (including phenoxy) is 1. The second kappa shape index (κ2) is 7.31. The first-order valence-corrected chi connectivity index (χ1v) is 8.25. The van der Waals surface area contributed by atoms with Crippen LogP contribution in [0.15, 0.2) is 54.9 Å². The fourth-order valence-electron chi connectivity index (χ4n) is 2.86. The van der Waals surface area contributed by atoms with Crippen LogP contribution < -0.4 is 4.74 Å². The second-order valence-corrected chi connectivity index (χ2v) is 6.13. The Morgan fingerprint density at radius 3 is 2.38 bits per heavy atom. The van der Waals surface area contributed by atoms with E-state index in [-0.39, 0.29) is 11.8 Å². The molecule has 26 heavy (non-hydrogen) atoms. The summed E-state index contributed by atoms with van der Waals surface area (Å²) in [5.74, 6) is 0.397. The Balaban J connectivity index is 1.90. The van der Waals surface area contributed by atoms with Gasteiger partial charge in [-0.2, -0.15) is 0 Å². The molecular formula is C20H19N3O3. The first kappa shape index (κ1) is 17.5. The monoisotopic (exact) mass is 349 g/mol. The number of aromatic nitrogens is 2. The molecule has 3 aromatic rings. The Hall–Kier alpha value is -3.28. The fourth-order valence-corrected chi connectivity index (χ4v) is 2.86. The molecule has 0 N–H and O–H groups in total. The van der Waals surface area contributed by atoms with Crippen LogP contribution in [0.1, 0.15) is 29.7 Å². The van der Waals surface area contributed by atoms with Crippen LogP contribution in [0.4, 0.5) is 5.69 Å². The zero-order valence-electron chi connectivity index (χ0n) is 14.8. The van der Waals surface area contributed by atoms with Crippen LogP contribution in [0.3, 0.4) is 0 Å². The van der Waals surface area contributed by atoms with Crippen molar-refractivity contribution in [1.29, 1.82) is 0 Å². The maximum Gasteiger partial charge on any atom is 0.269 e. The summed E-state index contributed by atoms with van der Waals surface area (Å²) < 4.78 is 6.08. The number of rotatable bonds is 5. The van der Waals surface area contributed by atoms with Crippen LogP contribution in [-0.2, 0) is 0 Å². The molecule has 6 nitrogen and oxygen atoms in total. The van der Waals surface area contributed by atoms with Crippen molar-refractivity contribution >= 4 is 5.69 Å². The molecule has 0 saturated heterocycles. The van der Waals surface area contributed by atoms with Gasteiger partial charge in [0.1, 0.15) is 11.8 Å². The predicted molar refractivity (Wildman–Crippen MR) is 99.1 cm³/mol. The molecule has 0 saturated carbocycles. The molecule has 1 heterocycles. The van der Waals surface area contributed by atoms with Gasteiger partial charge in [0.25, 0.3) is 5.69 Å². The van der Waals surface area contributed by atoms with E-state index in [0.29, 0.717) is 17.1 Å². The van der Waals surface area contributed by atoms with Gasteiger partial charge >= 0.3 is 0 Å². The van der Waals surface area contributed by atoms with E-state index in [2.05, 4.69) is 42.0 Å². The number of benzene rings is 2. The smallest absolute Gasteiger partial charge is 0.269 e. The Morgan fingerprint density at radius 2 is 1.73 bits per heavy atom. The highest BCUT2D eigenvalue weighted by atomic mass is 16.6. The van der Waals surface area contributed by atoms with Gasteiger partial charge in [-0.1, -0.05) is 23.8 Å². The van der Waals surface area contributed by atoms with Crippen molar-refractivity contribution in [3.8, 4) is 17.1 Å². The van der Waals surface area contributed by atoms with Gasteiger partial charge < -0.3 is 4.74 Å². The highest BCUT2D eigenvalue weighted by molar-refractivity contribution is 5.65. The molecule has 1 atom stereocenters. The fraction of sp³-hybridized carbons (Fsp3) is 0.200. The van der Waals surface area contributed by atoms with Gasteiger partial charge in [0.15, 0.2) is 0 Å². The lowest BCUT2D eigenvalue weighted by molar-refractivity contribution is -0.384. The Bertz CT molecular complexity index is 939. The molecule has 1 aromatic heterocycles. The van der Waals surface area contributed by atoms with E-state index in [1.807, 2.05) is 6.92 Å². The first-order valence-electron chi connectivity index (χ1n) is 8.25. The highest BCUT2D eigenvalue weighted by Crippen LogP contribution is 2.31. The summed E-state index contributed by atoms with van der Waals surface area (Å²) in [5.41, 5.74) is 4.73. The molecule has 0 fully saturated rings. The maximum atomic E-state index is 10.8. The van der Waals surface area contributed by atoms with Crippen molar-refractivity contribution in [2.75, 3.05) is 0 Å². The SMILES string of the molecule is Cc1ccc([C@@H](C)Oc2nccnc2-c2ccc([N+](=O)[O-])cc2)c(C)c1. The van der Waals surface area contributed by atoms with E-state index in [9.17, 15) is 10.1 Å². The van der Waals surface area contributed by atoms with E-state index in [1.54, 1.807) is 24.5 Å². The quantitative estimate of drug-likeness (QED) is 0.488. The van der Waals surface area contributed by atoms with E-state index < -0.39 is 4.92 Å². The summed E-state index contributed by atoms with van der Waals surface area (Å²) in [5, 5.41) is 10.8. The number of hydrogen-bond donors (Lipinski definition) is 0. The molecule has 0 aliphatic heterocycles. The number of non-ortho nitro benzene ring substituents is 1. The third-order valence-electron chi connectivity index (χ3n) is 4.17. The lowest BCUT2D eigenvalue weighted by Crippen LogP contribution is -2.07. The van der Waals surface area contributed by atoms with E-state index in [1.165, 1.54) is 17.7 Å². The minimum atomic E-state index is -0.430. The Morgan fingerprint density at radius 1 is 1.04 bits per heavy atom. The van der Waals surface area contributed by atoms with Crippen molar-refractivity contribution in [2.45, 2.75) is 26.9 Å². The lowest BCUT2D eigenvalue weighted by Gasteiger charge is -2.18. The number of hydrogen-bond acceptors (Lipinski definition) is 5. The topological polar surface area (TPSA) is 78.2 Å². The lowest BCUT2D eigenvalue weighted by atomic mass is 10.0. The summed E-state index contributed by atoms with van der Waals surface area (Å²) >= 11 is 0. The summed E-state index contributed by atoms with van der Waals surface area (Å²) in [6, 6.07) is 12.4. The average molecular weight is 349 g/mol. The van der Waals surface area contributed by atoms with Gasteiger partial charge in [-0.15, -0.1) is 0 Å². The van der Waals surface area contributed by atoms with Crippen LogP contribution >= 0.6 is 0 Å². The summed E-state index contributed by atoms with van der Waals surface area (Å²) in [4.78, 5) is 19.1. The van der Waals surface area contributed by atoms with Crippen LogP contribution in [0.5, 0.6) is 5.88 Å². The zero-order chi connectivity index (χ0) is 18.7. The Labute approximate surface area is 151 Å². The summed E-state index contributed by atoms with van der Waals surface area (Å²) in [7, 11) is 0. The van der Waals surface area contributed by atoms with E-state index in [0.717, 1.165) is 11.1 Å². The van der Waals surface area contributed by atoms with Gasteiger partial charge in [0.05, 0.1) is 4.92 Å². The molecular weight excluding hydrogens is 330 g/mol. The third kappa shape index (κ3) is 3.69. The molecule has 132 valence electrons. The first-order chi connectivity index (χ1) is 12.5. The molecule has 0 spiro atoms. The van der Waals surface area contributed by atoms with Crippen LogP contribution in [0.25, 0.3) is 11.3 Å². The van der Waals surface area contributed by atoms with Crippen molar-refractivity contribution < 1.29 is 9.66 Å². The number of nitrogens with zero attached hydrogens (tertiary/aromatic N) is 3. The molecule has 0 aliphatic carbocycles. The van der Waals surface area contributed by atoms with Crippen LogP contribution in [0.2, 0.25) is 0 Å². The van der Waals surface area contributed by atoms with Crippen molar-refractivity contribution in [2.24, 2.45) is 0 Å². The minimum Gasteiger partial charge on any atom is -0.468 e. The second-order valence-electron chi connectivity index (χ2n) is 6.13. The number of nitro benzene ring substituents is 1. The van der Waals surface area contributed by atoms with Crippen molar-refractivity contribution in [3.63, 3.8) is 0 Å². The van der Waals surface area contributed by atoms with Gasteiger partial charge in [-0.25, -0.2) is 9.97 Å². The number of aryl methyl sites for hydroxylation is 2. The van der Waals surface area contributed by atoms with Crippen molar-refractivity contribution in [1.82, 2.24) is 9.97 Å². The maximum absolute atomic E-state index is 10.8. The van der Waals surface area contributed by atoms with Gasteiger partial charge in [-0.05, 0) is 44.0 Å². The predicted octanol–water partition coefficient (Wildman–Crippen LogP) is 4.81. The van der Waals surface area contributed by atoms with Crippen LogP contribution in [0, 0.1) is 24.0 Å². The highest BCUT2D eigenvalue weighted by Gasteiger charge is 2.16.